The Balaban J connectivity index is 2.19. The van der Waals surface area contributed by atoms with Crippen LogP contribution in [0.1, 0.15) is 85.0 Å². The van der Waals surface area contributed by atoms with Gasteiger partial charge in [-0.05, 0) is 24.7 Å². The number of unbranched alkanes of at least 4 members (excludes halogenated alkanes) is 6. The summed E-state index contributed by atoms with van der Waals surface area (Å²) < 4.78 is 5.58. The van der Waals surface area contributed by atoms with Crippen LogP contribution in [0, 0.1) is 5.41 Å². The molecule has 20 heavy (non-hydrogen) atoms. The van der Waals surface area contributed by atoms with Crippen LogP contribution in [0.2, 0.25) is 0 Å². The topological polar surface area (TPSA) is 21.3 Å². The first kappa shape index (κ1) is 18.0. The summed E-state index contributed by atoms with van der Waals surface area (Å²) in [4.78, 5) is 0. The molecule has 1 aliphatic rings. The van der Waals surface area contributed by atoms with Crippen molar-refractivity contribution in [2.45, 2.75) is 91.0 Å². The van der Waals surface area contributed by atoms with Crippen LogP contribution >= 0.6 is 0 Å². The van der Waals surface area contributed by atoms with Gasteiger partial charge in [-0.15, -0.1) is 0 Å². The molecule has 120 valence electrons. The molecule has 1 heterocycles. The van der Waals surface area contributed by atoms with Gasteiger partial charge in [-0.3, -0.25) is 0 Å². The zero-order valence-electron chi connectivity index (χ0n) is 14.2. The number of nitrogens with one attached hydrogen (secondary N) is 1. The molecule has 1 saturated heterocycles. The monoisotopic (exact) mass is 283 g/mol. The van der Waals surface area contributed by atoms with Gasteiger partial charge in [0, 0.05) is 25.8 Å². The third-order valence-electron chi connectivity index (χ3n) is 4.75. The van der Waals surface area contributed by atoms with E-state index < -0.39 is 0 Å². The summed E-state index contributed by atoms with van der Waals surface area (Å²) in [5.74, 6) is 0. The summed E-state index contributed by atoms with van der Waals surface area (Å²) in [7, 11) is 0. The molecule has 1 rings (SSSR count). The van der Waals surface area contributed by atoms with Crippen LogP contribution in [0.3, 0.4) is 0 Å². The maximum atomic E-state index is 5.58. The second-order valence-corrected chi connectivity index (χ2v) is 7.02. The Bertz CT molecular complexity index is 221. The second kappa shape index (κ2) is 10.6. The molecule has 0 aromatic rings. The molecule has 0 spiro atoms. The highest BCUT2D eigenvalue weighted by Crippen LogP contribution is 2.35. The second-order valence-electron chi connectivity index (χ2n) is 7.02. The average molecular weight is 284 g/mol. The molecule has 1 fully saturated rings. The fraction of sp³-hybridized carbons (Fsp3) is 1.00. The van der Waals surface area contributed by atoms with Crippen molar-refractivity contribution in [2.24, 2.45) is 5.41 Å². The Kier molecular flexibility index (Phi) is 9.54. The Labute approximate surface area is 127 Å². The largest absolute Gasteiger partial charge is 0.381 e. The zero-order chi connectivity index (χ0) is 14.7. The molecular formula is C18H37NO. The van der Waals surface area contributed by atoms with E-state index in [1.165, 1.54) is 70.8 Å². The zero-order valence-corrected chi connectivity index (χ0v) is 14.2. The number of hydrogen-bond donors (Lipinski definition) is 1. The summed E-state index contributed by atoms with van der Waals surface area (Å²) in [6.07, 6.45) is 13.8. The van der Waals surface area contributed by atoms with Gasteiger partial charge in [0.2, 0.25) is 0 Å². The predicted octanol–water partition coefficient (Wildman–Crippen LogP) is 4.92. The summed E-state index contributed by atoms with van der Waals surface area (Å²) >= 11 is 0. The molecular weight excluding hydrogens is 246 g/mol. The fourth-order valence-corrected chi connectivity index (χ4v) is 3.20. The van der Waals surface area contributed by atoms with Crippen LogP contribution in [0.15, 0.2) is 0 Å². The van der Waals surface area contributed by atoms with E-state index in [-0.39, 0.29) is 0 Å². The molecule has 0 aromatic carbocycles. The molecule has 0 radical (unpaired) electrons. The van der Waals surface area contributed by atoms with Gasteiger partial charge in [0.15, 0.2) is 0 Å². The van der Waals surface area contributed by atoms with Gasteiger partial charge in [-0.25, -0.2) is 0 Å². The van der Waals surface area contributed by atoms with Crippen molar-refractivity contribution in [1.82, 2.24) is 5.32 Å². The van der Waals surface area contributed by atoms with E-state index in [9.17, 15) is 0 Å². The quantitative estimate of drug-likeness (QED) is 0.543. The highest BCUT2D eigenvalue weighted by molar-refractivity contribution is 4.84. The van der Waals surface area contributed by atoms with Gasteiger partial charge >= 0.3 is 0 Å². The van der Waals surface area contributed by atoms with Crippen molar-refractivity contribution in [3.8, 4) is 0 Å². The third-order valence-corrected chi connectivity index (χ3v) is 4.75. The van der Waals surface area contributed by atoms with E-state index >= 15 is 0 Å². The van der Waals surface area contributed by atoms with Crippen molar-refractivity contribution >= 4 is 0 Å². The van der Waals surface area contributed by atoms with Crippen molar-refractivity contribution in [3.63, 3.8) is 0 Å². The molecule has 2 heteroatoms. The Morgan fingerprint density at radius 3 is 2.15 bits per heavy atom. The highest BCUT2D eigenvalue weighted by atomic mass is 16.5. The molecule has 2 nitrogen and oxygen atoms in total. The average Bonchev–Trinajstić information content (AvgIpc) is 2.45. The van der Waals surface area contributed by atoms with E-state index in [1.54, 1.807) is 0 Å². The summed E-state index contributed by atoms with van der Waals surface area (Å²) in [5.41, 5.74) is 0.520. The van der Waals surface area contributed by atoms with Crippen LogP contribution in [-0.2, 0) is 4.74 Å². The van der Waals surface area contributed by atoms with Crippen LogP contribution < -0.4 is 5.32 Å². The minimum absolute atomic E-state index is 0.520. The van der Waals surface area contributed by atoms with Gasteiger partial charge < -0.3 is 10.1 Å². The van der Waals surface area contributed by atoms with E-state index in [0.29, 0.717) is 11.5 Å². The lowest BCUT2D eigenvalue weighted by atomic mass is 9.75. The predicted molar refractivity (Wildman–Crippen MR) is 88.2 cm³/mol. The molecule has 0 saturated carbocycles. The summed E-state index contributed by atoms with van der Waals surface area (Å²) in [6, 6.07) is 0.601. The lowest BCUT2D eigenvalue weighted by Crippen LogP contribution is -2.41. The van der Waals surface area contributed by atoms with Crippen LogP contribution in [0.5, 0.6) is 0 Å². The van der Waals surface area contributed by atoms with Gasteiger partial charge in [-0.2, -0.15) is 0 Å². The first-order chi connectivity index (χ1) is 9.68. The van der Waals surface area contributed by atoms with Gasteiger partial charge in [0.25, 0.3) is 0 Å². The highest BCUT2D eigenvalue weighted by Gasteiger charge is 2.31. The van der Waals surface area contributed by atoms with Crippen LogP contribution in [0.25, 0.3) is 0 Å². The normalized spacial score (nSPS) is 18.6. The Morgan fingerprint density at radius 1 is 0.950 bits per heavy atom. The molecule has 0 bridgehead atoms. The molecule has 0 aromatic heterocycles. The minimum Gasteiger partial charge on any atom is -0.381 e. The van der Waals surface area contributed by atoms with Gasteiger partial charge in [0.1, 0.15) is 0 Å². The van der Waals surface area contributed by atoms with Crippen molar-refractivity contribution in [1.29, 1.82) is 0 Å². The number of ether oxygens (including phenoxy) is 1. The van der Waals surface area contributed by atoms with Crippen molar-refractivity contribution in [2.75, 3.05) is 19.8 Å². The molecule has 1 aliphatic heterocycles. The Hall–Kier alpha value is -0.0800. The van der Waals surface area contributed by atoms with Crippen molar-refractivity contribution < 1.29 is 4.74 Å². The lowest BCUT2D eigenvalue weighted by Gasteiger charge is -2.38. The minimum atomic E-state index is 0.520. The van der Waals surface area contributed by atoms with E-state index in [2.05, 4.69) is 26.1 Å². The molecule has 0 atom stereocenters. The Morgan fingerprint density at radius 2 is 1.55 bits per heavy atom. The van der Waals surface area contributed by atoms with Crippen molar-refractivity contribution in [3.05, 3.63) is 0 Å². The SMILES string of the molecule is CCCCCCCCCC1(CNC(C)C)CCOCC1. The van der Waals surface area contributed by atoms with Crippen LogP contribution in [0.4, 0.5) is 0 Å². The third kappa shape index (κ3) is 7.64. The standard InChI is InChI=1S/C18H37NO/c1-4-5-6-7-8-9-10-11-18(16-19-17(2)3)12-14-20-15-13-18/h17,19H,4-16H2,1-3H3. The first-order valence-electron chi connectivity index (χ1n) is 9.00. The molecule has 0 aliphatic carbocycles. The molecule has 1 N–H and O–H groups in total. The summed E-state index contributed by atoms with van der Waals surface area (Å²) in [6.45, 7) is 9.91. The first-order valence-corrected chi connectivity index (χ1v) is 9.00. The van der Waals surface area contributed by atoms with Gasteiger partial charge in [-0.1, -0.05) is 65.7 Å². The lowest BCUT2D eigenvalue weighted by molar-refractivity contribution is 0.00826. The van der Waals surface area contributed by atoms with E-state index in [1.807, 2.05) is 0 Å². The maximum Gasteiger partial charge on any atom is 0.0471 e. The smallest absolute Gasteiger partial charge is 0.0471 e. The number of hydrogen-bond acceptors (Lipinski definition) is 2. The van der Waals surface area contributed by atoms with E-state index in [0.717, 1.165) is 13.2 Å². The molecule has 0 unspecified atom stereocenters. The number of rotatable bonds is 11. The molecule has 0 amide bonds. The van der Waals surface area contributed by atoms with E-state index in [4.69, 9.17) is 4.74 Å². The summed E-state index contributed by atoms with van der Waals surface area (Å²) in [5, 5.41) is 3.67. The maximum absolute atomic E-state index is 5.58. The van der Waals surface area contributed by atoms with Crippen LogP contribution in [-0.4, -0.2) is 25.8 Å². The van der Waals surface area contributed by atoms with Gasteiger partial charge in [0.05, 0.1) is 0 Å². The fourth-order valence-electron chi connectivity index (χ4n) is 3.20.